The molecule has 0 bridgehead atoms. The molecule has 3 amide bonds. The van der Waals surface area contributed by atoms with E-state index in [-0.39, 0.29) is 11.4 Å². The van der Waals surface area contributed by atoms with E-state index in [2.05, 4.69) is 20.9 Å². The van der Waals surface area contributed by atoms with Crippen molar-refractivity contribution in [3.8, 4) is 0 Å². The van der Waals surface area contributed by atoms with Crippen LogP contribution in [-0.2, 0) is 4.79 Å². The zero-order chi connectivity index (χ0) is 15.3. The van der Waals surface area contributed by atoms with E-state index in [1.54, 1.807) is 19.2 Å². The van der Waals surface area contributed by atoms with E-state index in [1.165, 1.54) is 0 Å². The van der Waals surface area contributed by atoms with E-state index >= 15 is 0 Å². The average Bonchev–Trinajstić information content (AvgIpc) is 2.29. The van der Waals surface area contributed by atoms with Gasteiger partial charge in [0, 0.05) is 11.7 Å². The molecule has 0 saturated heterocycles. The molecule has 1 aromatic rings. The molecular weight excluding hydrogens is 256 g/mol. The van der Waals surface area contributed by atoms with Crippen LogP contribution < -0.4 is 16.0 Å². The number of carbonyl (C=O) groups is 2. The summed E-state index contributed by atoms with van der Waals surface area (Å²) in [6, 6.07) is 2.55. The van der Waals surface area contributed by atoms with Crippen LogP contribution in [0.15, 0.2) is 18.3 Å². The molecule has 0 aromatic carbocycles. The fraction of sp³-hybridized carbons (Fsp3) is 0.500. The van der Waals surface area contributed by atoms with E-state index in [0.717, 1.165) is 5.56 Å². The molecule has 0 aliphatic rings. The summed E-state index contributed by atoms with van der Waals surface area (Å²) in [5.74, 6) is 0.249. The Morgan fingerprint density at radius 3 is 2.50 bits per heavy atom. The van der Waals surface area contributed by atoms with E-state index < -0.39 is 12.1 Å². The van der Waals surface area contributed by atoms with Crippen LogP contribution in [0.2, 0.25) is 0 Å². The first-order valence-electron chi connectivity index (χ1n) is 6.50. The van der Waals surface area contributed by atoms with Gasteiger partial charge < -0.3 is 10.6 Å². The van der Waals surface area contributed by atoms with Gasteiger partial charge in [-0.2, -0.15) is 0 Å². The average molecular weight is 278 g/mol. The van der Waals surface area contributed by atoms with Crippen LogP contribution in [0.1, 0.15) is 33.3 Å². The number of rotatable bonds is 3. The van der Waals surface area contributed by atoms with Gasteiger partial charge in [0.25, 0.3) is 0 Å². The van der Waals surface area contributed by atoms with Gasteiger partial charge in [-0.15, -0.1) is 0 Å². The molecule has 1 aromatic heterocycles. The number of urea groups is 1. The summed E-state index contributed by atoms with van der Waals surface area (Å²) in [6.07, 6.45) is 1.60. The fourth-order valence-electron chi connectivity index (χ4n) is 1.50. The third kappa shape index (κ3) is 5.26. The summed E-state index contributed by atoms with van der Waals surface area (Å²) in [5, 5.41) is 8.00. The van der Waals surface area contributed by atoms with Crippen LogP contribution in [-0.4, -0.2) is 28.5 Å². The monoisotopic (exact) mass is 278 g/mol. The van der Waals surface area contributed by atoms with Crippen LogP contribution in [0.3, 0.4) is 0 Å². The summed E-state index contributed by atoms with van der Waals surface area (Å²) in [7, 11) is 0. The summed E-state index contributed by atoms with van der Waals surface area (Å²) in [4.78, 5) is 27.7. The molecule has 1 atom stereocenters. The van der Waals surface area contributed by atoms with Gasteiger partial charge in [-0.05, 0) is 46.2 Å². The first-order chi connectivity index (χ1) is 9.19. The van der Waals surface area contributed by atoms with E-state index in [9.17, 15) is 9.59 Å². The van der Waals surface area contributed by atoms with Gasteiger partial charge in [-0.3, -0.25) is 10.1 Å². The highest BCUT2D eigenvalue weighted by atomic mass is 16.2. The van der Waals surface area contributed by atoms with Crippen LogP contribution in [0, 0.1) is 6.92 Å². The highest BCUT2D eigenvalue weighted by Crippen LogP contribution is 2.08. The topological polar surface area (TPSA) is 83.1 Å². The maximum atomic E-state index is 11.8. The van der Waals surface area contributed by atoms with Crippen molar-refractivity contribution in [3.05, 3.63) is 23.9 Å². The molecule has 110 valence electrons. The second-order valence-electron chi connectivity index (χ2n) is 5.73. The zero-order valence-electron chi connectivity index (χ0n) is 12.6. The SMILES string of the molecule is Cc1cccnc1NC(=O)NC(C)C(=O)NC(C)(C)C. The Bertz CT molecular complexity index is 494. The highest BCUT2D eigenvalue weighted by Gasteiger charge is 2.20. The molecular formula is C14H22N4O2. The number of amides is 3. The first-order valence-corrected chi connectivity index (χ1v) is 6.50. The largest absolute Gasteiger partial charge is 0.350 e. The molecule has 1 unspecified atom stereocenters. The molecule has 0 fully saturated rings. The second kappa shape index (κ2) is 6.36. The van der Waals surface area contributed by atoms with Gasteiger partial charge in [0.15, 0.2) is 0 Å². The number of nitrogens with zero attached hydrogens (tertiary/aromatic N) is 1. The number of nitrogens with one attached hydrogen (secondary N) is 3. The Kier molecular flexibility index (Phi) is 5.07. The molecule has 1 rings (SSSR count). The summed E-state index contributed by atoms with van der Waals surface area (Å²) in [6.45, 7) is 9.13. The lowest BCUT2D eigenvalue weighted by molar-refractivity contribution is -0.123. The van der Waals surface area contributed by atoms with Gasteiger partial charge in [-0.25, -0.2) is 9.78 Å². The summed E-state index contributed by atoms with van der Waals surface area (Å²) >= 11 is 0. The van der Waals surface area contributed by atoms with Crippen molar-refractivity contribution in [1.82, 2.24) is 15.6 Å². The number of anilines is 1. The Morgan fingerprint density at radius 1 is 1.30 bits per heavy atom. The minimum Gasteiger partial charge on any atom is -0.350 e. The predicted molar refractivity (Wildman–Crippen MR) is 78.5 cm³/mol. The van der Waals surface area contributed by atoms with Gasteiger partial charge in [0.2, 0.25) is 5.91 Å². The second-order valence-corrected chi connectivity index (χ2v) is 5.73. The van der Waals surface area contributed by atoms with Gasteiger partial charge >= 0.3 is 6.03 Å². The van der Waals surface area contributed by atoms with E-state index in [0.29, 0.717) is 5.82 Å². The highest BCUT2D eigenvalue weighted by molar-refractivity contribution is 5.93. The zero-order valence-corrected chi connectivity index (χ0v) is 12.6. The Labute approximate surface area is 119 Å². The molecule has 1 heterocycles. The molecule has 0 saturated carbocycles. The third-order valence-corrected chi connectivity index (χ3v) is 2.48. The summed E-state index contributed by atoms with van der Waals surface area (Å²) in [5.41, 5.74) is 0.524. The standard InChI is InChI=1S/C14H22N4O2/c1-9-7-6-8-15-11(9)17-13(20)16-10(2)12(19)18-14(3,4)5/h6-8,10H,1-5H3,(H,18,19)(H2,15,16,17,20). The van der Waals surface area contributed by atoms with Crippen molar-refractivity contribution in [1.29, 1.82) is 0 Å². The third-order valence-electron chi connectivity index (χ3n) is 2.48. The molecule has 0 aliphatic carbocycles. The van der Waals surface area contributed by atoms with E-state index in [1.807, 2.05) is 33.8 Å². The first kappa shape index (κ1) is 15.9. The molecule has 6 nitrogen and oxygen atoms in total. The number of pyridine rings is 1. The van der Waals surface area contributed by atoms with Crippen molar-refractivity contribution < 1.29 is 9.59 Å². The Balaban J connectivity index is 2.54. The van der Waals surface area contributed by atoms with Gasteiger partial charge in [0.05, 0.1) is 0 Å². The maximum absolute atomic E-state index is 11.8. The molecule has 0 aliphatic heterocycles. The minimum absolute atomic E-state index is 0.231. The molecule has 3 N–H and O–H groups in total. The molecule has 0 radical (unpaired) electrons. The van der Waals surface area contributed by atoms with Gasteiger partial charge in [-0.1, -0.05) is 6.07 Å². The minimum atomic E-state index is -0.627. The van der Waals surface area contributed by atoms with Crippen molar-refractivity contribution in [2.45, 2.75) is 46.2 Å². The number of hydrogen-bond donors (Lipinski definition) is 3. The van der Waals surface area contributed by atoms with Crippen LogP contribution >= 0.6 is 0 Å². The Hall–Kier alpha value is -2.11. The smallest absolute Gasteiger partial charge is 0.321 e. The van der Waals surface area contributed by atoms with Crippen LogP contribution in [0.4, 0.5) is 10.6 Å². The van der Waals surface area contributed by atoms with Crippen molar-refractivity contribution in [2.75, 3.05) is 5.32 Å². The number of aromatic nitrogens is 1. The fourth-order valence-corrected chi connectivity index (χ4v) is 1.50. The lowest BCUT2D eigenvalue weighted by atomic mass is 10.1. The number of aryl methyl sites for hydroxylation is 1. The van der Waals surface area contributed by atoms with Crippen LogP contribution in [0.25, 0.3) is 0 Å². The molecule has 0 spiro atoms. The quantitative estimate of drug-likeness (QED) is 0.788. The van der Waals surface area contributed by atoms with Crippen molar-refractivity contribution in [3.63, 3.8) is 0 Å². The number of carbonyl (C=O) groups excluding carboxylic acids is 2. The van der Waals surface area contributed by atoms with Crippen molar-refractivity contribution in [2.24, 2.45) is 0 Å². The summed E-state index contributed by atoms with van der Waals surface area (Å²) < 4.78 is 0. The maximum Gasteiger partial charge on any atom is 0.321 e. The molecule has 20 heavy (non-hydrogen) atoms. The normalized spacial score (nSPS) is 12.4. The van der Waals surface area contributed by atoms with Crippen LogP contribution in [0.5, 0.6) is 0 Å². The van der Waals surface area contributed by atoms with Gasteiger partial charge in [0.1, 0.15) is 11.9 Å². The lowest BCUT2D eigenvalue weighted by Crippen LogP contribution is -2.51. The number of hydrogen-bond acceptors (Lipinski definition) is 3. The van der Waals surface area contributed by atoms with Crippen molar-refractivity contribution >= 4 is 17.8 Å². The lowest BCUT2D eigenvalue weighted by Gasteiger charge is -2.23. The predicted octanol–water partition coefficient (Wildman–Crippen LogP) is 1.81. The van der Waals surface area contributed by atoms with E-state index in [4.69, 9.17) is 0 Å². The Morgan fingerprint density at radius 2 is 1.95 bits per heavy atom. The molecule has 6 heteroatoms.